The van der Waals surface area contributed by atoms with Crippen molar-refractivity contribution in [3.05, 3.63) is 12.7 Å². The zero-order valence-electron chi connectivity index (χ0n) is 7.20. The van der Waals surface area contributed by atoms with E-state index in [0.29, 0.717) is 6.54 Å². The summed E-state index contributed by atoms with van der Waals surface area (Å²) >= 11 is 0. The zero-order valence-corrected chi connectivity index (χ0v) is 7.20. The Balaban J connectivity index is 2.40. The molecule has 0 bridgehead atoms. The third-order valence-corrected chi connectivity index (χ3v) is 2.33. The zero-order chi connectivity index (χ0) is 8.97. The SMILES string of the molecule is C=CCCC1CCCN1C(=O)O. The van der Waals surface area contributed by atoms with Crippen molar-refractivity contribution >= 4 is 6.09 Å². The Bertz CT molecular complexity index is 179. The highest BCUT2D eigenvalue weighted by Gasteiger charge is 2.27. The Morgan fingerprint density at radius 3 is 3.08 bits per heavy atom. The van der Waals surface area contributed by atoms with Gasteiger partial charge in [-0.2, -0.15) is 0 Å². The standard InChI is InChI=1S/C9H15NO2/c1-2-3-5-8-6-4-7-10(8)9(11)12/h2,8H,1,3-7H2,(H,11,12). The minimum absolute atomic E-state index is 0.237. The number of carbonyl (C=O) groups is 1. The number of amides is 1. The number of likely N-dealkylation sites (tertiary alicyclic amines) is 1. The largest absolute Gasteiger partial charge is 0.465 e. The van der Waals surface area contributed by atoms with Crippen LogP contribution in [0, 0.1) is 0 Å². The van der Waals surface area contributed by atoms with Crippen LogP contribution in [-0.2, 0) is 0 Å². The van der Waals surface area contributed by atoms with Crippen LogP contribution in [0.3, 0.4) is 0 Å². The average molecular weight is 169 g/mol. The highest BCUT2D eigenvalue weighted by molar-refractivity contribution is 5.65. The van der Waals surface area contributed by atoms with Crippen molar-refractivity contribution in [2.75, 3.05) is 6.54 Å². The molecule has 0 aliphatic carbocycles. The molecule has 1 unspecified atom stereocenters. The van der Waals surface area contributed by atoms with Gasteiger partial charge in [0.1, 0.15) is 0 Å². The summed E-state index contributed by atoms with van der Waals surface area (Å²) in [6.45, 7) is 4.33. The summed E-state index contributed by atoms with van der Waals surface area (Å²) in [5.74, 6) is 0. The molecular weight excluding hydrogens is 154 g/mol. The van der Waals surface area contributed by atoms with Gasteiger partial charge in [-0.15, -0.1) is 6.58 Å². The van der Waals surface area contributed by atoms with E-state index in [9.17, 15) is 4.79 Å². The molecule has 1 aliphatic heterocycles. The van der Waals surface area contributed by atoms with E-state index in [2.05, 4.69) is 6.58 Å². The molecule has 3 nitrogen and oxygen atoms in total. The van der Waals surface area contributed by atoms with Crippen molar-refractivity contribution in [2.24, 2.45) is 0 Å². The molecule has 1 rings (SSSR count). The first-order valence-corrected chi connectivity index (χ1v) is 4.36. The van der Waals surface area contributed by atoms with Gasteiger partial charge in [-0.1, -0.05) is 6.08 Å². The molecule has 1 saturated heterocycles. The van der Waals surface area contributed by atoms with E-state index in [-0.39, 0.29) is 6.04 Å². The van der Waals surface area contributed by atoms with E-state index >= 15 is 0 Å². The molecule has 1 fully saturated rings. The Kier molecular flexibility index (Phi) is 3.14. The third kappa shape index (κ3) is 2.00. The Morgan fingerprint density at radius 2 is 2.50 bits per heavy atom. The molecule has 0 saturated carbocycles. The van der Waals surface area contributed by atoms with E-state index in [1.54, 1.807) is 4.90 Å². The van der Waals surface area contributed by atoms with Crippen molar-refractivity contribution < 1.29 is 9.90 Å². The number of hydrogen-bond acceptors (Lipinski definition) is 1. The monoisotopic (exact) mass is 169 g/mol. The van der Waals surface area contributed by atoms with Gasteiger partial charge in [0.25, 0.3) is 0 Å². The van der Waals surface area contributed by atoms with E-state index < -0.39 is 6.09 Å². The minimum Gasteiger partial charge on any atom is -0.465 e. The molecule has 1 aliphatic rings. The first kappa shape index (κ1) is 9.10. The quantitative estimate of drug-likeness (QED) is 0.657. The lowest BCUT2D eigenvalue weighted by Gasteiger charge is -2.20. The second-order valence-electron chi connectivity index (χ2n) is 3.14. The van der Waals surface area contributed by atoms with Crippen LogP contribution in [0.5, 0.6) is 0 Å². The maximum atomic E-state index is 10.7. The van der Waals surface area contributed by atoms with Crippen LogP contribution in [0.1, 0.15) is 25.7 Å². The topological polar surface area (TPSA) is 40.5 Å². The Morgan fingerprint density at radius 1 is 1.75 bits per heavy atom. The third-order valence-electron chi connectivity index (χ3n) is 2.33. The number of rotatable bonds is 3. The fourth-order valence-electron chi connectivity index (χ4n) is 1.70. The molecule has 0 aromatic carbocycles. The van der Waals surface area contributed by atoms with Crippen molar-refractivity contribution in [1.29, 1.82) is 0 Å². The van der Waals surface area contributed by atoms with Crippen LogP contribution in [0.15, 0.2) is 12.7 Å². The summed E-state index contributed by atoms with van der Waals surface area (Å²) in [7, 11) is 0. The Labute approximate surface area is 72.7 Å². The maximum absolute atomic E-state index is 10.7. The first-order valence-electron chi connectivity index (χ1n) is 4.36. The molecule has 12 heavy (non-hydrogen) atoms. The number of nitrogens with zero attached hydrogens (tertiary/aromatic N) is 1. The number of carboxylic acid groups (broad SMARTS) is 1. The molecule has 1 heterocycles. The normalized spacial score (nSPS) is 22.7. The van der Waals surface area contributed by atoms with Gasteiger partial charge in [0, 0.05) is 12.6 Å². The van der Waals surface area contributed by atoms with Gasteiger partial charge in [0.15, 0.2) is 0 Å². The van der Waals surface area contributed by atoms with Gasteiger partial charge >= 0.3 is 6.09 Å². The summed E-state index contributed by atoms with van der Waals surface area (Å²) in [5.41, 5.74) is 0. The molecule has 3 heteroatoms. The molecule has 0 radical (unpaired) electrons. The van der Waals surface area contributed by atoms with Gasteiger partial charge in [0.2, 0.25) is 0 Å². The van der Waals surface area contributed by atoms with Gasteiger partial charge in [0.05, 0.1) is 0 Å². The predicted molar refractivity (Wildman–Crippen MR) is 47.2 cm³/mol. The fourth-order valence-corrected chi connectivity index (χ4v) is 1.70. The van der Waals surface area contributed by atoms with Crippen molar-refractivity contribution in [3.8, 4) is 0 Å². The average Bonchev–Trinajstić information content (AvgIpc) is 2.48. The summed E-state index contributed by atoms with van der Waals surface area (Å²) < 4.78 is 0. The van der Waals surface area contributed by atoms with Crippen molar-refractivity contribution in [3.63, 3.8) is 0 Å². The molecular formula is C9H15NO2. The number of hydrogen-bond donors (Lipinski definition) is 1. The lowest BCUT2D eigenvalue weighted by atomic mass is 10.1. The number of allylic oxidation sites excluding steroid dienone is 1. The maximum Gasteiger partial charge on any atom is 0.407 e. The van der Waals surface area contributed by atoms with Crippen LogP contribution >= 0.6 is 0 Å². The van der Waals surface area contributed by atoms with E-state index in [1.807, 2.05) is 6.08 Å². The molecule has 1 N–H and O–H groups in total. The van der Waals surface area contributed by atoms with Gasteiger partial charge < -0.3 is 10.0 Å². The second-order valence-corrected chi connectivity index (χ2v) is 3.14. The lowest BCUT2D eigenvalue weighted by Crippen LogP contribution is -2.33. The van der Waals surface area contributed by atoms with Crippen molar-refractivity contribution in [2.45, 2.75) is 31.7 Å². The first-order chi connectivity index (χ1) is 5.75. The molecule has 1 atom stereocenters. The summed E-state index contributed by atoms with van der Waals surface area (Å²) in [6.07, 6.45) is 4.93. The van der Waals surface area contributed by atoms with Crippen molar-refractivity contribution in [1.82, 2.24) is 4.90 Å². The van der Waals surface area contributed by atoms with Gasteiger partial charge in [-0.25, -0.2) is 4.79 Å². The van der Waals surface area contributed by atoms with Crippen LogP contribution in [0.2, 0.25) is 0 Å². The van der Waals surface area contributed by atoms with Gasteiger partial charge in [-0.05, 0) is 25.7 Å². The summed E-state index contributed by atoms with van der Waals surface area (Å²) in [5, 5.41) is 8.78. The smallest absolute Gasteiger partial charge is 0.407 e. The fraction of sp³-hybridized carbons (Fsp3) is 0.667. The second kappa shape index (κ2) is 4.14. The van der Waals surface area contributed by atoms with E-state index in [1.165, 1.54) is 0 Å². The lowest BCUT2D eigenvalue weighted by molar-refractivity contribution is 0.138. The van der Waals surface area contributed by atoms with E-state index in [0.717, 1.165) is 25.7 Å². The van der Waals surface area contributed by atoms with Gasteiger partial charge in [-0.3, -0.25) is 0 Å². The molecule has 68 valence electrons. The molecule has 1 amide bonds. The summed E-state index contributed by atoms with van der Waals surface area (Å²) in [4.78, 5) is 12.2. The van der Waals surface area contributed by atoms with Crippen LogP contribution in [0.25, 0.3) is 0 Å². The highest BCUT2D eigenvalue weighted by atomic mass is 16.4. The molecule has 0 aromatic rings. The highest BCUT2D eigenvalue weighted by Crippen LogP contribution is 2.21. The molecule has 0 spiro atoms. The summed E-state index contributed by atoms with van der Waals surface area (Å²) in [6, 6.07) is 0.237. The van der Waals surface area contributed by atoms with Crippen LogP contribution in [-0.4, -0.2) is 28.7 Å². The van der Waals surface area contributed by atoms with Crippen LogP contribution in [0.4, 0.5) is 4.79 Å². The van der Waals surface area contributed by atoms with Crippen LogP contribution < -0.4 is 0 Å². The predicted octanol–water partition coefficient (Wildman–Crippen LogP) is 2.10. The molecule has 0 aromatic heterocycles. The Hall–Kier alpha value is -0.990. The minimum atomic E-state index is -0.776. The van der Waals surface area contributed by atoms with E-state index in [4.69, 9.17) is 5.11 Å².